The maximum Gasteiger partial charge on any atom is 0.256 e. The van der Waals surface area contributed by atoms with Gasteiger partial charge in [0.15, 0.2) is 0 Å². The summed E-state index contributed by atoms with van der Waals surface area (Å²) in [5.74, 6) is -0.960. The molecule has 0 atom stereocenters. The number of piperidine rings is 1. The summed E-state index contributed by atoms with van der Waals surface area (Å²) in [6, 6.07) is 8.01. The van der Waals surface area contributed by atoms with E-state index in [0.29, 0.717) is 39.0 Å². The van der Waals surface area contributed by atoms with Crippen LogP contribution in [0.25, 0.3) is 0 Å². The van der Waals surface area contributed by atoms with Crippen molar-refractivity contribution in [2.24, 2.45) is 0 Å². The third-order valence-electron chi connectivity index (χ3n) is 5.98. The number of nitrogens with one attached hydrogen (secondary N) is 1. The maximum atomic E-state index is 13.8. The summed E-state index contributed by atoms with van der Waals surface area (Å²) in [4.78, 5) is 42.1. The van der Waals surface area contributed by atoms with E-state index in [2.05, 4.69) is 16.8 Å². The van der Waals surface area contributed by atoms with Gasteiger partial charge in [-0.3, -0.25) is 14.4 Å². The Hall–Kier alpha value is -2.74. The van der Waals surface area contributed by atoms with Crippen molar-refractivity contribution in [1.29, 1.82) is 0 Å². The molecule has 0 aliphatic carbocycles. The van der Waals surface area contributed by atoms with Crippen LogP contribution >= 0.6 is 11.3 Å². The van der Waals surface area contributed by atoms with Gasteiger partial charge in [0.05, 0.1) is 5.56 Å². The van der Waals surface area contributed by atoms with Gasteiger partial charge in [-0.05, 0) is 48.4 Å². The number of amides is 3. The highest BCUT2D eigenvalue weighted by Crippen LogP contribution is 2.24. The largest absolute Gasteiger partial charge is 0.353 e. The average molecular weight is 444 g/mol. The normalized spacial score (nSPS) is 16.7. The second-order valence-corrected chi connectivity index (χ2v) is 9.05. The van der Waals surface area contributed by atoms with Gasteiger partial charge in [0, 0.05) is 49.9 Å². The van der Waals surface area contributed by atoms with E-state index in [0.717, 1.165) is 6.42 Å². The molecule has 2 aliphatic heterocycles. The minimum absolute atomic E-state index is 0.0114. The molecule has 6 nitrogen and oxygen atoms in total. The van der Waals surface area contributed by atoms with Crippen molar-refractivity contribution in [2.45, 2.75) is 44.7 Å². The third kappa shape index (κ3) is 5.12. The van der Waals surface area contributed by atoms with Crippen molar-refractivity contribution >= 4 is 29.1 Å². The molecular weight excluding hydrogens is 417 g/mol. The molecule has 4 rings (SSSR count). The second-order valence-electron chi connectivity index (χ2n) is 8.05. The molecule has 0 bridgehead atoms. The molecule has 1 fully saturated rings. The van der Waals surface area contributed by atoms with Crippen molar-refractivity contribution in [3.05, 3.63) is 57.5 Å². The first kappa shape index (κ1) is 21.5. The van der Waals surface area contributed by atoms with Crippen LogP contribution in [0.5, 0.6) is 0 Å². The quantitative estimate of drug-likeness (QED) is 0.773. The molecule has 1 N–H and O–H groups in total. The van der Waals surface area contributed by atoms with E-state index in [1.165, 1.54) is 22.6 Å². The van der Waals surface area contributed by atoms with Crippen LogP contribution < -0.4 is 5.32 Å². The maximum absolute atomic E-state index is 13.8. The van der Waals surface area contributed by atoms with E-state index < -0.39 is 5.82 Å². The zero-order chi connectivity index (χ0) is 21.8. The lowest BCUT2D eigenvalue weighted by atomic mass is 10.0. The van der Waals surface area contributed by atoms with Gasteiger partial charge in [-0.25, -0.2) is 4.39 Å². The fourth-order valence-electron chi connectivity index (χ4n) is 4.17. The average Bonchev–Trinajstić information content (AvgIpc) is 3.26. The van der Waals surface area contributed by atoms with Gasteiger partial charge in [-0.15, -0.1) is 11.3 Å². The highest BCUT2D eigenvalue weighted by Gasteiger charge is 2.26. The molecule has 1 saturated heterocycles. The van der Waals surface area contributed by atoms with Crippen molar-refractivity contribution in [2.75, 3.05) is 19.6 Å². The Morgan fingerprint density at radius 3 is 2.58 bits per heavy atom. The minimum atomic E-state index is -0.517. The number of carbonyl (C=O) groups excluding carboxylic acids is 3. The molecule has 1 aromatic carbocycles. The zero-order valence-electron chi connectivity index (χ0n) is 17.3. The summed E-state index contributed by atoms with van der Waals surface area (Å²) in [5, 5.41) is 5.04. The molecule has 0 radical (unpaired) electrons. The number of likely N-dealkylation sites (tertiary alicyclic amines) is 1. The molecule has 2 aliphatic rings. The monoisotopic (exact) mass is 443 g/mol. The molecule has 8 heteroatoms. The summed E-state index contributed by atoms with van der Waals surface area (Å²) in [6.45, 7) is 2.28. The molecule has 3 heterocycles. The highest BCUT2D eigenvalue weighted by atomic mass is 32.1. The van der Waals surface area contributed by atoms with Crippen LogP contribution in [-0.4, -0.2) is 53.2 Å². The standard InChI is InChI=1S/C23H26FN3O3S/c24-19-4-2-1-3-18(19)23(30)26-11-7-17(8-12-26)25-21(28)5-6-22(29)27-13-9-20-16(15-27)10-14-31-20/h1-4,10,14,17H,5-9,11-13,15H2,(H,25,28). The van der Waals surface area contributed by atoms with Crippen LogP contribution in [0.2, 0.25) is 0 Å². The summed E-state index contributed by atoms with van der Waals surface area (Å²) in [5.41, 5.74) is 1.29. The van der Waals surface area contributed by atoms with Gasteiger partial charge in [-0.2, -0.15) is 0 Å². The summed E-state index contributed by atoms with van der Waals surface area (Å²) < 4.78 is 13.8. The van der Waals surface area contributed by atoms with Gasteiger partial charge in [0.25, 0.3) is 5.91 Å². The smallest absolute Gasteiger partial charge is 0.256 e. The topological polar surface area (TPSA) is 69.7 Å². The first-order valence-corrected chi connectivity index (χ1v) is 11.6. The van der Waals surface area contributed by atoms with E-state index in [4.69, 9.17) is 0 Å². The van der Waals surface area contributed by atoms with Crippen LogP contribution in [0.4, 0.5) is 4.39 Å². The number of benzene rings is 1. The molecular formula is C23H26FN3O3S. The Kier molecular flexibility index (Phi) is 6.65. The lowest BCUT2D eigenvalue weighted by Crippen LogP contribution is -2.46. The van der Waals surface area contributed by atoms with E-state index >= 15 is 0 Å². The van der Waals surface area contributed by atoms with Crippen LogP contribution in [0.1, 0.15) is 46.5 Å². The summed E-state index contributed by atoms with van der Waals surface area (Å²) in [6.07, 6.45) is 2.49. The number of fused-ring (bicyclic) bond motifs is 1. The molecule has 1 aromatic heterocycles. The SMILES string of the molecule is O=C(CCC(=O)N1CCc2sccc2C1)NC1CCN(C(=O)c2ccccc2F)CC1. The number of thiophene rings is 1. The van der Waals surface area contributed by atoms with Crippen molar-refractivity contribution in [1.82, 2.24) is 15.1 Å². The van der Waals surface area contributed by atoms with Gasteiger partial charge >= 0.3 is 0 Å². The number of hydrogen-bond donors (Lipinski definition) is 1. The van der Waals surface area contributed by atoms with Crippen molar-refractivity contribution < 1.29 is 18.8 Å². The Bertz CT molecular complexity index is 968. The lowest BCUT2D eigenvalue weighted by Gasteiger charge is -2.32. The van der Waals surface area contributed by atoms with E-state index in [1.54, 1.807) is 28.4 Å². The molecule has 2 aromatic rings. The Balaban J connectivity index is 1.19. The molecule has 3 amide bonds. The minimum Gasteiger partial charge on any atom is -0.353 e. The fraction of sp³-hybridized carbons (Fsp3) is 0.435. The van der Waals surface area contributed by atoms with Gasteiger partial charge in [0.1, 0.15) is 5.82 Å². The van der Waals surface area contributed by atoms with Crippen LogP contribution in [0, 0.1) is 5.82 Å². The van der Waals surface area contributed by atoms with Gasteiger partial charge < -0.3 is 15.1 Å². The van der Waals surface area contributed by atoms with Crippen LogP contribution in [0.3, 0.4) is 0 Å². The number of rotatable bonds is 5. The Morgan fingerprint density at radius 1 is 1.03 bits per heavy atom. The van der Waals surface area contributed by atoms with Crippen molar-refractivity contribution in [3.8, 4) is 0 Å². The fourth-order valence-corrected chi connectivity index (χ4v) is 5.06. The lowest BCUT2D eigenvalue weighted by molar-refractivity contribution is -0.134. The van der Waals surface area contributed by atoms with E-state index in [1.807, 2.05) is 4.90 Å². The number of carbonyl (C=O) groups is 3. The van der Waals surface area contributed by atoms with Gasteiger partial charge in [0.2, 0.25) is 11.8 Å². The predicted molar refractivity (Wildman–Crippen MR) is 116 cm³/mol. The van der Waals surface area contributed by atoms with Crippen LogP contribution in [0.15, 0.2) is 35.7 Å². The molecule has 0 saturated carbocycles. The Labute approximate surface area is 185 Å². The molecule has 164 valence electrons. The number of hydrogen-bond acceptors (Lipinski definition) is 4. The zero-order valence-corrected chi connectivity index (χ0v) is 18.1. The molecule has 0 unspecified atom stereocenters. The van der Waals surface area contributed by atoms with E-state index in [9.17, 15) is 18.8 Å². The predicted octanol–water partition coefficient (Wildman–Crippen LogP) is 2.97. The first-order chi connectivity index (χ1) is 15.0. The highest BCUT2D eigenvalue weighted by molar-refractivity contribution is 7.10. The third-order valence-corrected chi connectivity index (χ3v) is 7.00. The Morgan fingerprint density at radius 2 is 1.81 bits per heavy atom. The van der Waals surface area contributed by atoms with Crippen molar-refractivity contribution in [3.63, 3.8) is 0 Å². The first-order valence-electron chi connectivity index (χ1n) is 10.7. The second kappa shape index (κ2) is 9.60. The number of halogens is 1. The van der Waals surface area contributed by atoms with E-state index in [-0.39, 0.29) is 42.2 Å². The summed E-state index contributed by atoms with van der Waals surface area (Å²) in [7, 11) is 0. The summed E-state index contributed by atoms with van der Waals surface area (Å²) >= 11 is 1.73. The number of nitrogens with zero attached hydrogens (tertiary/aromatic N) is 2. The molecule has 31 heavy (non-hydrogen) atoms. The molecule has 0 spiro atoms. The van der Waals surface area contributed by atoms with Crippen LogP contribution in [-0.2, 0) is 22.6 Å². The van der Waals surface area contributed by atoms with Gasteiger partial charge in [-0.1, -0.05) is 12.1 Å².